The predicted molar refractivity (Wildman–Crippen MR) is 71.5 cm³/mol. The Morgan fingerprint density at radius 3 is 2.72 bits per heavy atom. The minimum atomic E-state index is 0.138. The van der Waals surface area contributed by atoms with Crippen molar-refractivity contribution in [2.45, 2.75) is 39.3 Å². The van der Waals surface area contributed by atoms with Crippen molar-refractivity contribution in [3.8, 4) is 0 Å². The fraction of sp³-hybridized carbons (Fsp3) is 0.533. The van der Waals surface area contributed by atoms with Crippen LogP contribution in [0.3, 0.4) is 0 Å². The van der Waals surface area contributed by atoms with Crippen molar-refractivity contribution in [3.63, 3.8) is 0 Å². The normalized spacial score (nSPS) is 14.8. The summed E-state index contributed by atoms with van der Waals surface area (Å²) in [7, 11) is 0. The molecule has 0 spiro atoms. The second-order valence-electron chi connectivity index (χ2n) is 5.03. The molecule has 1 aromatic carbocycles. The second-order valence-corrected chi connectivity index (χ2v) is 5.03. The van der Waals surface area contributed by atoms with E-state index in [1.165, 1.54) is 11.1 Å². The van der Waals surface area contributed by atoms with E-state index in [-0.39, 0.29) is 5.78 Å². The van der Waals surface area contributed by atoms with E-state index in [1.807, 2.05) is 12.1 Å². The lowest BCUT2D eigenvalue weighted by atomic mass is 10.0. The summed E-state index contributed by atoms with van der Waals surface area (Å²) in [6.07, 6.45) is 3.12. The number of aliphatic hydroxyl groups excluding tert-OH is 1. The van der Waals surface area contributed by atoms with Crippen molar-refractivity contribution in [2.75, 3.05) is 13.2 Å². The Labute approximate surface area is 108 Å². The average molecular weight is 247 g/mol. The van der Waals surface area contributed by atoms with E-state index in [0.29, 0.717) is 6.61 Å². The molecule has 3 nitrogen and oxygen atoms in total. The van der Waals surface area contributed by atoms with Crippen LogP contribution in [0.1, 0.15) is 47.7 Å². The first-order valence-electron chi connectivity index (χ1n) is 6.66. The van der Waals surface area contributed by atoms with Gasteiger partial charge in [0.15, 0.2) is 5.78 Å². The summed E-state index contributed by atoms with van der Waals surface area (Å²) in [5.74, 6) is 0.138. The van der Waals surface area contributed by atoms with E-state index >= 15 is 0 Å². The third-order valence-electron chi connectivity index (χ3n) is 3.53. The molecule has 0 fully saturated rings. The third kappa shape index (κ3) is 3.18. The fourth-order valence-electron chi connectivity index (χ4n) is 2.47. The van der Waals surface area contributed by atoms with Crippen LogP contribution in [-0.2, 0) is 13.1 Å². The Balaban J connectivity index is 1.89. The molecule has 0 bridgehead atoms. The van der Waals surface area contributed by atoms with Gasteiger partial charge in [-0.15, -0.1) is 0 Å². The number of unbranched alkanes of at least 4 members (excludes halogenated alkanes) is 2. The maximum absolute atomic E-state index is 11.3. The number of benzene rings is 1. The number of hydrogen-bond donors (Lipinski definition) is 1. The van der Waals surface area contributed by atoms with E-state index in [1.54, 1.807) is 6.92 Å². The average Bonchev–Trinajstić information content (AvgIpc) is 2.76. The van der Waals surface area contributed by atoms with E-state index < -0.39 is 0 Å². The van der Waals surface area contributed by atoms with Gasteiger partial charge in [0.25, 0.3) is 0 Å². The molecule has 0 aliphatic carbocycles. The predicted octanol–water partition coefficient (Wildman–Crippen LogP) is 2.37. The summed E-state index contributed by atoms with van der Waals surface area (Å²) >= 11 is 0. The van der Waals surface area contributed by atoms with Crippen LogP contribution in [-0.4, -0.2) is 28.9 Å². The summed E-state index contributed by atoms with van der Waals surface area (Å²) < 4.78 is 0. The molecule has 98 valence electrons. The van der Waals surface area contributed by atoms with Crippen molar-refractivity contribution in [2.24, 2.45) is 0 Å². The lowest BCUT2D eigenvalue weighted by Gasteiger charge is -2.13. The fourth-order valence-corrected chi connectivity index (χ4v) is 2.47. The van der Waals surface area contributed by atoms with Gasteiger partial charge >= 0.3 is 0 Å². The smallest absolute Gasteiger partial charge is 0.159 e. The first kappa shape index (κ1) is 13.2. The third-order valence-corrected chi connectivity index (χ3v) is 3.53. The zero-order valence-electron chi connectivity index (χ0n) is 11.0. The van der Waals surface area contributed by atoms with Crippen LogP contribution in [0.25, 0.3) is 0 Å². The van der Waals surface area contributed by atoms with Gasteiger partial charge in [0, 0.05) is 25.3 Å². The highest BCUT2D eigenvalue weighted by atomic mass is 16.2. The van der Waals surface area contributed by atoms with Gasteiger partial charge in [-0.2, -0.15) is 0 Å². The lowest BCUT2D eigenvalue weighted by Crippen LogP contribution is -2.17. The summed E-state index contributed by atoms with van der Waals surface area (Å²) in [5, 5.41) is 8.74. The minimum absolute atomic E-state index is 0.138. The number of rotatable bonds is 6. The Hall–Kier alpha value is -1.19. The highest BCUT2D eigenvalue weighted by Crippen LogP contribution is 2.24. The van der Waals surface area contributed by atoms with Gasteiger partial charge in [0.1, 0.15) is 0 Å². The Kier molecular flexibility index (Phi) is 4.50. The maximum Gasteiger partial charge on any atom is 0.159 e. The standard InChI is InChI=1S/C15H21NO2/c1-12(18)13-5-6-14-10-16(11-15(14)9-13)7-3-2-4-8-17/h5-6,9,17H,2-4,7-8,10-11H2,1H3. The zero-order chi connectivity index (χ0) is 13.0. The molecule has 1 heterocycles. The van der Waals surface area contributed by atoms with Crippen molar-refractivity contribution >= 4 is 5.78 Å². The van der Waals surface area contributed by atoms with Crippen LogP contribution in [0, 0.1) is 0 Å². The van der Waals surface area contributed by atoms with E-state index in [0.717, 1.165) is 44.5 Å². The number of Topliss-reactive ketones (excluding diaryl/α,β-unsaturated/α-hetero) is 1. The van der Waals surface area contributed by atoms with Gasteiger partial charge in [-0.25, -0.2) is 0 Å². The van der Waals surface area contributed by atoms with Crippen LogP contribution in [0.4, 0.5) is 0 Å². The molecule has 0 radical (unpaired) electrons. The number of nitrogens with zero attached hydrogens (tertiary/aromatic N) is 1. The Morgan fingerprint density at radius 1 is 1.22 bits per heavy atom. The van der Waals surface area contributed by atoms with Gasteiger partial charge in [-0.1, -0.05) is 12.1 Å². The number of hydrogen-bond acceptors (Lipinski definition) is 3. The van der Waals surface area contributed by atoms with Crippen molar-refractivity contribution in [3.05, 3.63) is 34.9 Å². The number of fused-ring (bicyclic) bond motifs is 1. The molecule has 1 aromatic rings. The van der Waals surface area contributed by atoms with Gasteiger partial charge in [-0.3, -0.25) is 9.69 Å². The van der Waals surface area contributed by atoms with Crippen molar-refractivity contribution < 1.29 is 9.90 Å². The van der Waals surface area contributed by atoms with E-state index in [4.69, 9.17) is 5.11 Å². The number of carbonyl (C=O) groups is 1. The molecular formula is C15H21NO2. The number of aliphatic hydroxyl groups is 1. The first-order chi connectivity index (χ1) is 8.70. The van der Waals surface area contributed by atoms with Crippen LogP contribution in [0.15, 0.2) is 18.2 Å². The summed E-state index contributed by atoms with van der Waals surface area (Å²) in [6.45, 7) is 4.93. The Bertz CT molecular complexity index is 429. The quantitative estimate of drug-likeness (QED) is 0.619. The minimum Gasteiger partial charge on any atom is -0.396 e. The van der Waals surface area contributed by atoms with Crippen LogP contribution in [0.5, 0.6) is 0 Å². The van der Waals surface area contributed by atoms with Gasteiger partial charge < -0.3 is 5.11 Å². The number of carbonyl (C=O) groups excluding carboxylic acids is 1. The van der Waals surface area contributed by atoms with Crippen LogP contribution >= 0.6 is 0 Å². The molecule has 18 heavy (non-hydrogen) atoms. The molecule has 0 atom stereocenters. The first-order valence-corrected chi connectivity index (χ1v) is 6.66. The monoisotopic (exact) mass is 247 g/mol. The molecule has 2 rings (SSSR count). The summed E-state index contributed by atoms with van der Waals surface area (Å²) in [4.78, 5) is 13.7. The van der Waals surface area contributed by atoms with Crippen LogP contribution < -0.4 is 0 Å². The van der Waals surface area contributed by atoms with Gasteiger partial charge in [0.2, 0.25) is 0 Å². The maximum atomic E-state index is 11.3. The zero-order valence-corrected chi connectivity index (χ0v) is 11.0. The molecular weight excluding hydrogens is 226 g/mol. The molecule has 0 aromatic heterocycles. The van der Waals surface area contributed by atoms with E-state index in [2.05, 4.69) is 11.0 Å². The van der Waals surface area contributed by atoms with Gasteiger partial charge in [-0.05, 0) is 49.9 Å². The van der Waals surface area contributed by atoms with Crippen molar-refractivity contribution in [1.29, 1.82) is 0 Å². The number of ketones is 1. The van der Waals surface area contributed by atoms with Crippen molar-refractivity contribution in [1.82, 2.24) is 4.90 Å². The second kappa shape index (κ2) is 6.12. The molecule has 1 aliphatic rings. The van der Waals surface area contributed by atoms with Crippen LogP contribution in [0.2, 0.25) is 0 Å². The topological polar surface area (TPSA) is 40.5 Å². The molecule has 0 amide bonds. The molecule has 0 unspecified atom stereocenters. The Morgan fingerprint density at radius 2 is 2.00 bits per heavy atom. The summed E-state index contributed by atoms with van der Waals surface area (Å²) in [5.41, 5.74) is 3.46. The summed E-state index contributed by atoms with van der Waals surface area (Å²) in [6, 6.07) is 6.04. The molecule has 1 aliphatic heterocycles. The van der Waals surface area contributed by atoms with E-state index in [9.17, 15) is 4.79 Å². The highest BCUT2D eigenvalue weighted by molar-refractivity contribution is 5.94. The molecule has 3 heteroatoms. The SMILES string of the molecule is CC(=O)c1ccc2c(c1)CN(CCCCCO)C2. The molecule has 0 saturated heterocycles. The molecule has 1 N–H and O–H groups in total. The van der Waals surface area contributed by atoms with Gasteiger partial charge in [0.05, 0.1) is 0 Å². The lowest BCUT2D eigenvalue weighted by molar-refractivity contribution is 0.101. The highest BCUT2D eigenvalue weighted by Gasteiger charge is 2.18. The largest absolute Gasteiger partial charge is 0.396 e. The molecule has 0 saturated carbocycles.